The average molecular weight is 266 g/mol. The van der Waals surface area contributed by atoms with Crippen LogP contribution in [0.1, 0.15) is 12.8 Å². The van der Waals surface area contributed by atoms with Gasteiger partial charge in [0.25, 0.3) is 0 Å². The molecule has 1 aromatic rings. The Kier molecular flexibility index (Phi) is 3.14. The molecule has 0 unspecified atom stereocenters. The number of carbonyl (C=O) groups excluding carboxylic acids is 1. The van der Waals surface area contributed by atoms with Gasteiger partial charge in [-0.15, -0.1) is 0 Å². The summed E-state index contributed by atoms with van der Waals surface area (Å²) in [6.45, 7) is 0. The first-order valence-corrected chi connectivity index (χ1v) is 5.67. The van der Waals surface area contributed by atoms with Crippen molar-refractivity contribution >= 4 is 11.6 Å². The van der Waals surface area contributed by atoms with E-state index >= 15 is 0 Å². The fourth-order valence-electron chi connectivity index (χ4n) is 1.86. The number of ether oxygens (including phenoxy) is 1. The monoisotopic (exact) mass is 266 g/mol. The van der Waals surface area contributed by atoms with Crippen LogP contribution in [-0.2, 0) is 4.79 Å². The highest BCUT2D eigenvalue weighted by atomic mass is 19.1. The highest BCUT2D eigenvalue weighted by Gasteiger charge is 2.52. The Balaban J connectivity index is 2.35. The normalized spacial score (nSPS) is 15.5. The molecule has 0 heterocycles. The van der Waals surface area contributed by atoms with Gasteiger partial charge in [-0.05, 0) is 12.8 Å². The van der Waals surface area contributed by atoms with Gasteiger partial charge in [-0.2, -0.15) is 5.26 Å². The van der Waals surface area contributed by atoms with E-state index in [4.69, 9.17) is 5.26 Å². The number of benzene rings is 1. The Morgan fingerprint density at radius 1 is 1.42 bits per heavy atom. The van der Waals surface area contributed by atoms with Crippen molar-refractivity contribution in [1.82, 2.24) is 0 Å². The molecule has 1 amide bonds. The van der Waals surface area contributed by atoms with E-state index in [2.05, 4.69) is 4.74 Å². The van der Waals surface area contributed by atoms with Crippen molar-refractivity contribution in [2.75, 3.05) is 19.1 Å². The minimum Gasteiger partial charge on any atom is -0.494 e. The van der Waals surface area contributed by atoms with Crippen LogP contribution in [0.5, 0.6) is 5.75 Å². The smallest absolute Gasteiger partial charge is 0.247 e. The van der Waals surface area contributed by atoms with Crippen LogP contribution in [0.3, 0.4) is 0 Å². The molecule has 0 spiro atoms. The topological polar surface area (TPSA) is 53.3 Å². The Bertz CT molecular complexity index is 577. The third kappa shape index (κ3) is 2.12. The maximum absolute atomic E-state index is 13.8. The van der Waals surface area contributed by atoms with Crippen LogP contribution in [-0.4, -0.2) is 20.1 Å². The van der Waals surface area contributed by atoms with Crippen molar-refractivity contribution in [3.05, 3.63) is 23.8 Å². The van der Waals surface area contributed by atoms with Crippen molar-refractivity contribution in [2.24, 2.45) is 5.41 Å². The summed E-state index contributed by atoms with van der Waals surface area (Å²) in [6.07, 6.45) is 0.903. The van der Waals surface area contributed by atoms with E-state index in [0.29, 0.717) is 12.8 Å². The van der Waals surface area contributed by atoms with Gasteiger partial charge < -0.3 is 9.64 Å². The standard InChI is InChI=1S/C13H12F2N2O2/c1-17(12(18)13(7-16)3-4-13)10-5-9(15)11(19-2)6-8(10)14/h5-6H,3-4H2,1-2H3. The Morgan fingerprint density at radius 3 is 2.53 bits per heavy atom. The molecule has 0 aliphatic heterocycles. The van der Waals surface area contributed by atoms with Crippen LogP contribution < -0.4 is 9.64 Å². The molecule has 100 valence electrons. The summed E-state index contributed by atoms with van der Waals surface area (Å²) in [6, 6.07) is 3.69. The molecule has 4 nitrogen and oxygen atoms in total. The van der Waals surface area contributed by atoms with Crippen LogP contribution in [0, 0.1) is 28.4 Å². The molecule has 1 saturated carbocycles. The Hall–Kier alpha value is -2.16. The number of methoxy groups -OCH3 is 1. The van der Waals surface area contributed by atoms with E-state index in [1.165, 1.54) is 14.2 Å². The molecule has 6 heteroatoms. The third-order valence-corrected chi connectivity index (χ3v) is 3.26. The first-order valence-electron chi connectivity index (χ1n) is 5.67. The maximum Gasteiger partial charge on any atom is 0.247 e. The molecule has 0 saturated heterocycles. The van der Waals surface area contributed by atoms with Gasteiger partial charge in [0, 0.05) is 19.2 Å². The lowest BCUT2D eigenvalue weighted by Crippen LogP contribution is -2.34. The Morgan fingerprint density at radius 2 is 2.05 bits per heavy atom. The third-order valence-electron chi connectivity index (χ3n) is 3.26. The van der Waals surface area contributed by atoms with E-state index in [-0.39, 0.29) is 11.4 Å². The molecule has 0 N–H and O–H groups in total. The molecule has 2 rings (SSSR count). The Labute approximate surface area is 109 Å². The summed E-state index contributed by atoms with van der Waals surface area (Å²) in [5.41, 5.74) is -1.28. The van der Waals surface area contributed by atoms with Crippen LogP contribution in [0.4, 0.5) is 14.5 Å². The number of halogens is 2. The van der Waals surface area contributed by atoms with Gasteiger partial charge in [0.05, 0.1) is 18.9 Å². The predicted molar refractivity (Wildman–Crippen MR) is 63.6 cm³/mol. The van der Waals surface area contributed by atoms with Crippen molar-refractivity contribution < 1.29 is 18.3 Å². The van der Waals surface area contributed by atoms with Gasteiger partial charge in [-0.3, -0.25) is 4.79 Å². The minimum atomic E-state index is -1.07. The fourth-order valence-corrected chi connectivity index (χ4v) is 1.86. The SMILES string of the molecule is COc1cc(F)c(N(C)C(=O)C2(C#N)CC2)cc1F. The fraction of sp³-hybridized carbons (Fsp3) is 0.385. The second-order valence-electron chi connectivity index (χ2n) is 4.50. The lowest BCUT2D eigenvalue weighted by molar-refractivity contribution is -0.121. The highest BCUT2D eigenvalue weighted by Crippen LogP contribution is 2.47. The van der Waals surface area contributed by atoms with Gasteiger partial charge in [0.1, 0.15) is 5.41 Å². The molecule has 0 aromatic heterocycles. The highest BCUT2D eigenvalue weighted by molar-refractivity contribution is 6.00. The molecule has 1 aromatic carbocycles. The maximum atomic E-state index is 13.8. The van der Waals surface area contributed by atoms with Crippen LogP contribution >= 0.6 is 0 Å². The quantitative estimate of drug-likeness (QED) is 0.843. The van der Waals surface area contributed by atoms with Crippen molar-refractivity contribution in [1.29, 1.82) is 5.26 Å². The number of carbonyl (C=O) groups is 1. The molecule has 0 bridgehead atoms. The summed E-state index contributed by atoms with van der Waals surface area (Å²) >= 11 is 0. The zero-order valence-electron chi connectivity index (χ0n) is 10.5. The van der Waals surface area contributed by atoms with Gasteiger partial charge in [0.15, 0.2) is 17.4 Å². The number of nitriles is 1. The summed E-state index contributed by atoms with van der Waals surface area (Å²) in [4.78, 5) is 13.0. The van der Waals surface area contributed by atoms with E-state index in [0.717, 1.165) is 17.0 Å². The number of rotatable bonds is 3. The van der Waals surface area contributed by atoms with Crippen molar-refractivity contribution in [3.8, 4) is 11.8 Å². The first kappa shape index (κ1) is 13.3. The van der Waals surface area contributed by atoms with E-state index in [1.54, 1.807) is 0 Å². The molecule has 1 aliphatic carbocycles. The van der Waals surface area contributed by atoms with Crippen LogP contribution in [0.2, 0.25) is 0 Å². The average Bonchev–Trinajstić information content (AvgIpc) is 3.20. The molecule has 1 fully saturated rings. The van der Waals surface area contributed by atoms with Gasteiger partial charge >= 0.3 is 0 Å². The summed E-state index contributed by atoms with van der Waals surface area (Å²) in [5.74, 6) is -2.29. The second-order valence-corrected chi connectivity index (χ2v) is 4.50. The summed E-state index contributed by atoms with van der Waals surface area (Å²) < 4.78 is 32.0. The molecule has 19 heavy (non-hydrogen) atoms. The lowest BCUT2D eigenvalue weighted by Gasteiger charge is -2.21. The number of anilines is 1. The molecule has 1 aliphatic rings. The molecular formula is C13H12F2N2O2. The largest absolute Gasteiger partial charge is 0.494 e. The van der Waals surface area contributed by atoms with E-state index in [9.17, 15) is 13.6 Å². The van der Waals surface area contributed by atoms with Crippen LogP contribution in [0.25, 0.3) is 0 Å². The summed E-state index contributed by atoms with van der Waals surface area (Å²) in [5, 5.41) is 8.94. The predicted octanol–water partition coefficient (Wildman–Crippen LogP) is 2.24. The number of hydrogen-bond acceptors (Lipinski definition) is 3. The van der Waals surface area contributed by atoms with Gasteiger partial charge in [-0.1, -0.05) is 0 Å². The van der Waals surface area contributed by atoms with Crippen molar-refractivity contribution in [2.45, 2.75) is 12.8 Å². The summed E-state index contributed by atoms with van der Waals surface area (Å²) in [7, 11) is 2.55. The van der Waals surface area contributed by atoms with Gasteiger partial charge in [-0.25, -0.2) is 8.78 Å². The minimum absolute atomic E-state index is 0.204. The molecule has 0 radical (unpaired) electrons. The number of amides is 1. The molecule has 0 atom stereocenters. The van der Waals surface area contributed by atoms with E-state index < -0.39 is 23.0 Å². The first-order chi connectivity index (χ1) is 8.95. The van der Waals surface area contributed by atoms with Gasteiger partial charge in [0.2, 0.25) is 5.91 Å². The molecular weight excluding hydrogens is 254 g/mol. The zero-order chi connectivity index (χ0) is 14.2. The van der Waals surface area contributed by atoms with Crippen LogP contribution in [0.15, 0.2) is 12.1 Å². The van der Waals surface area contributed by atoms with Crippen molar-refractivity contribution in [3.63, 3.8) is 0 Å². The van der Waals surface area contributed by atoms with E-state index in [1.807, 2.05) is 6.07 Å². The lowest BCUT2D eigenvalue weighted by atomic mass is 10.1. The zero-order valence-corrected chi connectivity index (χ0v) is 10.5. The second kappa shape index (κ2) is 4.50. The number of nitrogens with zero attached hydrogens (tertiary/aromatic N) is 2. The number of hydrogen-bond donors (Lipinski definition) is 0.